The smallest absolute Gasteiger partial charge is 0.322 e. The van der Waals surface area contributed by atoms with Crippen LogP contribution in [0.3, 0.4) is 0 Å². The van der Waals surface area contributed by atoms with Gasteiger partial charge in [-0.3, -0.25) is 10.1 Å². The van der Waals surface area contributed by atoms with E-state index in [1.165, 1.54) is 6.20 Å². The fourth-order valence-corrected chi connectivity index (χ4v) is 1.46. The van der Waals surface area contributed by atoms with Crippen LogP contribution in [0.1, 0.15) is 10.4 Å². The van der Waals surface area contributed by atoms with Crippen LogP contribution in [0.4, 0.5) is 6.01 Å². The lowest BCUT2D eigenvalue weighted by atomic mass is 10.2. The van der Waals surface area contributed by atoms with Gasteiger partial charge in [-0.2, -0.15) is 0 Å². The van der Waals surface area contributed by atoms with Crippen LogP contribution < -0.4 is 5.32 Å². The molecule has 3 aromatic rings. The summed E-state index contributed by atoms with van der Waals surface area (Å²) in [5.41, 5.74) is 0.502. The second-order valence-corrected chi connectivity index (χ2v) is 3.61. The van der Waals surface area contributed by atoms with E-state index in [4.69, 9.17) is 8.94 Å². The summed E-state index contributed by atoms with van der Waals surface area (Å²) in [4.78, 5) is 11.8. The van der Waals surface area contributed by atoms with Crippen molar-refractivity contribution in [3.05, 3.63) is 48.2 Å². The third-order valence-corrected chi connectivity index (χ3v) is 2.33. The number of amides is 1. The molecule has 7 heteroatoms. The van der Waals surface area contributed by atoms with Crippen molar-refractivity contribution < 1.29 is 13.7 Å². The number of nitrogens with zero attached hydrogens (tertiary/aromatic N) is 3. The van der Waals surface area contributed by atoms with Crippen LogP contribution in [0.15, 0.2) is 51.5 Å². The van der Waals surface area contributed by atoms with Gasteiger partial charge in [-0.15, -0.1) is 5.10 Å². The average Bonchev–Trinajstić information content (AvgIpc) is 3.10. The van der Waals surface area contributed by atoms with Gasteiger partial charge in [0.15, 0.2) is 0 Å². The summed E-state index contributed by atoms with van der Waals surface area (Å²) in [6.45, 7) is 0. The minimum absolute atomic E-state index is 0.000234. The summed E-state index contributed by atoms with van der Waals surface area (Å²) >= 11 is 0. The summed E-state index contributed by atoms with van der Waals surface area (Å²) in [5.74, 6) is 0.168. The van der Waals surface area contributed by atoms with Crippen molar-refractivity contribution in [2.75, 3.05) is 5.32 Å². The Balaban J connectivity index is 1.76. The van der Waals surface area contributed by atoms with Gasteiger partial charge in [0.05, 0.1) is 6.20 Å². The van der Waals surface area contributed by atoms with Gasteiger partial charge < -0.3 is 8.94 Å². The molecule has 0 fully saturated rings. The number of hydrogen-bond acceptors (Lipinski definition) is 6. The molecular weight excluding hydrogens is 248 g/mol. The van der Waals surface area contributed by atoms with E-state index in [0.29, 0.717) is 11.3 Å². The molecule has 0 aliphatic rings. The zero-order valence-corrected chi connectivity index (χ0v) is 9.61. The molecule has 0 saturated carbocycles. The van der Waals surface area contributed by atoms with Gasteiger partial charge in [-0.05, 0) is 12.1 Å². The van der Waals surface area contributed by atoms with Crippen LogP contribution in [0.2, 0.25) is 0 Å². The van der Waals surface area contributed by atoms with Crippen molar-refractivity contribution >= 4 is 11.9 Å². The summed E-state index contributed by atoms with van der Waals surface area (Å²) in [7, 11) is 0. The number of hydrogen-bond donors (Lipinski definition) is 1. The SMILES string of the molecule is O=C(Nc1nnc(-c2ccno2)o1)c1ccccc1. The topological polar surface area (TPSA) is 94.1 Å². The predicted octanol–water partition coefficient (Wildman–Crippen LogP) is 1.98. The van der Waals surface area contributed by atoms with Crippen molar-refractivity contribution in [2.45, 2.75) is 0 Å². The highest BCUT2D eigenvalue weighted by molar-refractivity contribution is 6.03. The number of anilines is 1. The highest BCUT2D eigenvalue weighted by Gasteiger charge is 2.14. The molecule has 3 rings (SSSR count). The minimum Gasteiger partial charge on any atom is -0.400 e. The third-order valence-electron chi connectivity index (χ3n) is 2.33. The maximum atomic E-state index is 11.8. The number of aromatic nitrogens is 3. The largest absolute Gasteiger partial charge is 0.400 e. The zero-order chi connectivity index (χ0) is 13.1. The van der Waals surface area contributed by atoms with E-state index in [1.54, 1.807) is 30.3 Å². The Morgan fingerprint density at radius 3 is 2.68 bits per heavy atom. The summed E-state index contributed by atoms with van der Waals surface area (Å²) < 4.78 is 10.1. The standard InChI is InChI=1S/C12H8N4O3/c17-10(8-4-2-1-3-5-8)14-12-16-15-11(18-12)9-6-7-13-19-9/h1-7H,(H,14,16,17). The third kappa shape index (κ3) is 2.34. The van der Waals surface area contributed by atoms with Crippen molar-refractivity contribution in [3.8, 4) is 11.7 Å². The Labute approximate surface area is 107 Å². The number of nitrogens with one attached hydrogen (secondary N) is 1. The quantitative estimate of drug-likeness (QED) is 0.769. The molecule has 0 aliphatic carbocycles. The lowest BCUT2D eigenvalue weighted by molar-refractivity contribution is 0.102. The van der Waals surface area contributed by atoms with Crippen LogP contribution in [0, 0.1) is 0 Å². The number of carbonyl (C=O) groups is 1. The molecule has 94 valence electrons. The predicted molar refractivity (Wildman–Crippen MR) is 64.2 cm³/mol. The highest BCUT2D eigenvalue weighted by Crippen LogP contribution is 2.19. The van der Waals surface area contributed by atoms with Crippen molar-refractivity contribution in [1.82, 2.24) is 15.4 Å². The van der Waals surface area contributed by atoms with Crippen LogP contribution in [0.5, 0.6) is 0 Å². The number of rotatable bonds is 3. The average molecular weight is 256 g/mol. The molecule has 1 aromatic carbocycles. The Bertz CT molecular complexity index is 676. The fourth-order valence-electron chi connectivity index (χ4n) is 1.46. The van der Waals surface area contributed by atoms with Gasteiger partial charge in [0.1, 0.15) is 0 Å². The van der Waals surface area contributed by atoms with Crippen molar-refractivity contribution in [2.24, 2.45) is 0 Å². The molecule has 0 spiro atoms. The summed E-state index contributed by atoms with van der Waals surface area (Å²) in [6.07, 6.45) is 1.46. The lowest BCUT2D eigenvalue weighted by Crippen LogP contribution is -2.11. The van der Waals surface area contributed by atoms with E-state index in [0.717, 1.165) is 0 Å². The molecule has 0 atom stereocenters. The Kier molecular flexibility index (Phi) is 2.77. The van der Waals surface area contributed by atoms with Crippen LogP contribution in [0.25, 0.3) is 11.7 Å². The first-order valence-electron chi connectivity index (χ1n) is 5.44. The molecule has 0 radical (unpaired) electrons. The van der Waals surface area contributed by atoms with E-state index in [2.05, 4.69) is 20.7 Å². The van der Waals surface area contributed by atoms with E-state index >= 15 is 0 Å². The van der Waals surface area contributed by atoms with Crippen LogP contribution >= 0.6 is 0 Å². The molecule has 1 N–H and O–H groups in total. The van der Waals surface area contributed by atoms with Gasteiger partial charge >= 0.3 is 6.01 Å². The Morgan fingerprint density at radius 1 is 1.11 bits per heavy atom. The van der Waals surface area contributed by atoms with E-state index in [1.807, 2.05) is 6.07 Å². The number of carbonyl (C=O) groups excluding carboxylic acids is 1. The minimum atomic E-state index is -0.326. The first-order valence-corrected chi connectivity index (χ1v) is 5.44. The first kappa shape index (κ1) is 11.1. The van der Waals surface area contributed by atoms with E-state index in [-0.39, 0.29) is 17.8 Å². The van der Waals surface area contributed by atoms with E-state index in [9.17, 15) is 4.79 Å². The molecular formula is C12H8N4O3. The molecule has 0 bridgehead atoms. The molecule has 1 amide bonds. The van der Waals surface area contributed by atoms with Crippen molar-refractivity contribution in [1.29, 1.82) is 0 Å². The van der Waals surface area contributed by atoms with Gasteiger partial charge in [0.25, 0.3) is 11.8 Å². The monoisotopic (exact) mass is 256 g/mol. The Hall–Kier alpha value is -2.96. The maximum absolute atomic E-state index is 11.8. The highest BCUT2D eigenvalue weighted by atomic mass is 16.5. The lowest BCUT2D eigenvalue weighted by Gasteiger charge is -1.98. The fraction of sp³-hybridized carbons (Fsp3) is 0. The maximum Gasteiger partial charge on any atom is 0.322 e. The van der Waals surface area contributed by atoms with Gasteiger partial charge in [-0.25, -0.2) is 0 Å². The first-order chi connectivity index (χ1) is 9.33. The van der Waals surface area contributed by atoms with Crippen LogP contribution in [-0.4, -0.2) is 21.3 Å². The normalized spacial score (nSPS) is 10.3. The van der Waals surface area contributed by atoms with Crippen LogP contribution in [-0.2, 0) is 0 Å². The second-order valence-electron chi connectivity index (χ2n) is 3.61. The zero-order valence-electron chi connectivity index (χ0n) is 9.61. The second kappa shape index (κ2) is 4.73. The summed E-state index contributed by atoms with van der Waals surface area (Å²) in [6, 6.07) is 10.3. The van der Waals surface area contributed by atoms with Gasteiger partial charge in [0, 0.05) is 11.6 Å². The molecule has 0 unspecified atom stereocenters. The molecule has 7 nitrogen and oxygen atoms in total. The molecule has 0 saturated heterocycles. The number of benzene rings is 1. The molecule has 2 aromatic heterocycles. The van der Waals surface area contributed by atoms with Gasteiger partial charge in [-0.1, -0.05) is 28.5 Å². The Morgan fingerprint density at radius 2 is 1.95 bits per heavy atom. The molecule has 2 heterocycles. The molecule has 0 aliphatic heterocycles. The summed E-state index contributed by atoms with van der Waals surface area (Å²) in [5, 5.41) is 13.5. The van der Waals surface area contributed by atoms with Crippen molar-refractivity contribution in [3.63, 3.8) is 0 Å². The van der Waals surface area contributed by atoms with Gasteiger partial charge in [0.2, 0.25) is 5.76 Å². The van der Waals surface area contributed by atoms with E-state index < -0.39 is 0 Å². The molecule has 19 heavy (non-hydrogen) atoms.